The minimum atomic E-state index is -0.553. The van der Waals surface area contributed by atoms with Gasteiger partial charge in [-0.15, -0.1) is 11.3 Å². The summed E-state index contributed by atoms with van der Waals surface area (Å²) in [6.07, 6.45) is 1.85. The topological polar surface area (TPSA) is 34.1 Å². The molecule has 3 heteroatoms. The molecule has 0 aliphatic heterocycles. The fraction of sp³-hybridized carbons (Fsp3) is 0.455. The van der Waals surface area contributed by atoms with E-state index in [1.54, 1.807) is 11.3 Å². The lowest BCUT2D eigenvalue weighted by molar-refractivity contribution is -0.113. The molecule has 0 bridgehead atoms. The van der Waals surface area contributed by atoms with Crippen molar-refractivity contribution < 1.29 is 9.59 Å². The summed E-state index contributed by atoms with van der Waals surface area (Å²) < 4.78 is 0. The van der Waals surface area contributed by atoms with Gasteiger partial charge in [0.25, 0.3) is 0 Å². The van der Waals surface area contributed by atoms with Crippen molar-refractivity contribution in [2.75, 3.05) is 0 Å². The van der Waals surface area contributed by atoms with E-state index in [1.807, 2.05) is 31.4 Å². The van der Waals surface area contributed by atoms with Gasteiger partial charge in [0.15, 0.2) is 0 Å². The average molecular weight is 208 g/mol. The number of carbonyl (C=O) groups is 2. The predicted octanol–water partition coefficient (Wildman–Crippen LogP) is 2.04. The van der Waals surface area contributed by atoms with Crippen molar-refractivity contribution in [3.63, 3.8) is 0 Å². The van der Waals surface area contributed by atoms with Crippen LogP contribution in [0, 0.1) is 11.3 Å². The molecule has 1 aliphatic rings. The molecule has 2 unspecified atom stereocenters. The van der Waals surface area contributed by atoms with E-state index in [0.717, 1.165) is 17.4 Å². The van der Waals surface area contributed by atoms with Crippen LogP contribution < -0.4 is 0 Å². The van der Waals surface area contributed by atoms with Gasteiger partial charge in [0, 0.05) is 10.8 Å². The Balaban J connectivity index is 2.49. The molecule has 0 saturated heterocycles. The molecule has 1 aliphatic carbocycles. The number of rotatable bonds is 3. The van der Waals surface area contributed by atoms with E-state index in [9.17, 15) is 9.59 Å². The Morgan fingerprint density at radius 1 is 1.43 bits per heavy atom. The zero-order valence-corrected chi connectivity index (χ0v) is 9.01. The number of thiophene rings is 1. The van der Waals surface area contributed by atoms with Crippen LogP contribution in [0.4, 0.5) is 0 Å². The first-order valence-corrected chi connectivity index (χ1v) is 5.45. The van der Waals surface area contributed by atoms with E-state index >= 15 is 0 Å². The lowest BCUT2D eigenvalue weighted by Gasteiger charge is -2.09. The third-order valence-corrected chi connectivity index (χ3v) is 4.52. The van der Waals surface area contributed by atoms with Crippen molar-refractivity contribution in [3.8, 4) is 0 Å². The summed E-state index contributed by atoms with van der Waals surface area (Å²) in [5, 5.41) is 1.94. The first kappa shape index (κ1) is 9.59. The molecule has 74 valence electrons. The zero-order valence-electron chi connectivity index (χ0n) is 8.19. The van der Waals surface area contributed by atoms with Crippen molar-refractivity contribution in [1.82, 2.24) is 0 Å². The van der Waals surface area contributed by atoms with Crippen LogP contribution in [-0.2, 0) is 15.0 Å². The first-order valence-electron chi connectivity index (χ1n) is 4.57. The molecule has 2 atom stereocenters. The molecule has 2 rings (SSSR count). The van der Waals surface area contributed by atoms with Crippen molar-refractivity contribution in [2.45, 2.75) is 19.3 Å². The van der Waals surface area contributed by atoms with Gasteiger partial charge >= 0.3 is 0 Å². The molecule has 0 amide bonds. The van der Waals surface area contributed by atoms with Gasteiger partial charge in [0.1, 0.15) is 12.6 Å². The third kappa shape index (κ3) is 0.857. The Bertz CT molecular complexity index is 367. The fourth-order valence-corrected chi connectivity index (χ4v) is 3.48. The van der Waals surface area contributed by atoms with Gasteiger partial charge in [-0.2, -0.15) is 0 Å². The highest BCUT2D eigenvalue weighted by Crippen LogP contribution is 2.67. The highest BCUT2D eigenvalue weighted by atomic mass is 32.1. The number of hydrogen-bond acceptors (Lipinski definition) is 3. The molecule has 0 radical (unpaired) electrons. The van der Waals surface area contributed by atoms with Gasteiger partial charge in [-0.25, -0.2) is 0 Å². The SMILES string of the molecule is CC1(C)C(C=O)C1(C=O)c1cccs1. The maximum absolute atomic E-state index is 11.2. The fourth-order valence-electron chi connectivity index (χ4n) is 2.38. The van der Waals surface area contributed by atoms with E-state index in [1.165, 1.54) is 0 Å². The normalized spacial score (nSPS) is 33.7. The third-order valence-electron chi connectivity index (χ3n) is 3.50. The molecule has 1 aromatic heterocycles. The van der Waals surface area contributed by atoms with Crippen molar-refractivity contribution >= 4 is 23.9 Å². The second-order valence-corrected chi connectivity index (χ2v) is 5.25. The summed E-state index contributed by atoms with van der Waals surface area (Å²) in [7, 11) is 0. The van der Waals surface area contributed by atoms with E-state index in [-0.39, 0.29) is 11.3 Å². The molecule has 0 N–H and O–H groups in total. The molecule has 0 aromatic carbocycles. The summed E-state index contributed by atoms with van der Waals surface area (Å²) in [4.78, 5) is 23.1. The van der Waals surface area contributed by atoms with Crippen LogP contribution in [0.3, 0.4) is 0 Å². The van der Waals surface area contributed by atoms with Gasteiger partial charge < -0.3 is 9.59 Å². The Morgan fingerprint density at radius 3 is 2.50 bits per heavy atom. The molecular weight excluding hydrogens is 196 g/mol. The van der Waals surface area contributed by atoms with E-state index in [2.05, 4.69) is 0 Å². The molecule has 0 spiro atoms. The Kier molecular flexibility index (Phi) is 1.89. The summed E-state index contributed by atoms with van der Waals surface area (Å²) in [6, 6.07) is 3.85. The average Bonchev–Trinajstić information content (AvgIpc) is 2.60. The van der Waals surface area contributed by atoms with Crippen LogP contribution in [0.1, 0.15) is 18.7 Å². The number of aldehydes is 2. The summed E-state index contributed by atoms with van der Waals surface area (Å²) in [6.45, 7) is 3.94. The highest BCUT2D eigenvalue weighted by molar-refractivity contribution is 7.10. The molecule has 1 aromatic rings. The predicted molar refractivity (Wildman–Crippen MR) is 55.4 cm³/mol. The summed E-state index contributed by atoms with van der Waals surface area (Å²) >= 11 is 1.55. The summed E-state index contributed by atoms with van der Waals surface area (Å²) in [5.41, 5.74) is -0.774. The van der Waals surface area contributed by atoms with Crippen molar-refractivity contribution in [1.29, 1.82) is 0 Å². The van der Waals surface area contributed by atoms with Gasteiger partial charge in [0.2, 0.25) is 0 Å². The maximum Gasteiger partial charge on any atom is 0.132 e. The minimum absolute atomic E-state index is 0.161. The zero-order chi connectivity index (χ0) is 10.4. The summed E-state index contributed by atoms with van der Waals surface area (Å²) in [5.74, 6) is -0.161. The lowest BCUT2D eigenvalue weighted by Crippen LogP contribution is -2.15. The van der Waals surface area contributed by atoms with Crippen LogP contribution in [0.5, 0.6) is 0 Å². The quantitative estimate of drug-likeness (QED) is 0.712. The smallest absolute Gasteiger partial charge is 0.132 e. The van der Waals surface area contributed by atoms with Gasteiger partial charge in [-0.1, -0.05) is 19.9 Å². The van der Waals surface area contributed by atoms with Crippen molar-refractivity contribution in [2.24, 2.45) is 11.3 Å². The monoisotopic (exact) mass is 208 g/mol. The van der Waals surface area contributed by atoms with Gasteiger partial charge in [-0.05, 0) is 16.9 Å². The highest BCUT2D eigenvalue weighted by Gasteiger charge is 2.72. The van der Waals surface area contributed by atoms with Crippen LogP contribution in [-0.4, -0.2) is 12.6 Å². The number of carbonyl (C=O) groups excluding carboxylic acids is 2. The largest absolute Gasteiger partial charge is 0.303 e. The van der Waals surface area contributed by atoms with E-state index in [0.29, 0.717) is 0 Å². The second kappa shape index (κ2) is 2.76. The van der Waals surface area contributed by atoms with Crippen LogP contribution in [0.25, 0.3) is 0 Å². The number of hydrogen-bond donors (Lipinski definition) is 0. The van der Waals surface area contributed by atoms with Crippen LogP contribution in [0.15, 0.2) is 17.5 Å². The molecule has 14 heavy (non-hydrogen) atoms. The Hall–Kier alpha value is -0.960. The standard InChI is InChI=1S/C11H12O2S/c1-10(2)8(6-12)11(10,7-13)9-4-3-5-14-9/h3-8H,1-2H3. The molecular formula is C11H12O2S. The second-order valence-electron chi connectivity index (χ2n) is 4.30. The van der Waals surface area contributed by atoms with E-state index in [4.69, 9.17) is 0 Å². The molecule has 2 nitrogen and oxygen atoms in total. The maximum atomic E-state index is 11.2. The Labute approximate surface area is 86.9 Å². The molecule has 1 fully saturated rings. The Morgan fingerprint density at radius 2 is 2.14 bits per heavy atom. The van der Waals surface area contributed by atoms with Crippen LogP contribution in [0.2, 0.25) is 0 Å². The molecule has 1 saturated carbocycles. The van der Waals surface area contributed by atoms with Gasteiger partial charge in [0.05, 0.1) is 5.41 Å². The van der Waals surface area contributed by atoms with Crippen LogP contribution >= 0.6 is 11.3 Å². The van der Waals surface area contributed by atoms with E-state index < -0.39 is 5.41 Å². The first-order chi connectivity index (χ1) is 6.61. The molecule has 1 heterocycles. The minimum Gasteiger partial charge on any atom is -0.303 e. The van der Waals surface area contributed by atoms with Crippen molar-refractivity contribution in [3.05, 3.63) is 22.4 Å². The van der Waals surface area contributed by atoms with Gasteiger partial charge in [-0.3, -0.25) is 0 Å². The lowest BCUT2D eigenvalue weighted by atomic mass is 9.96.